The van der Waals surface area contributed by atoms with E-state index in [9.17, 15) is 9.18 Å². The number of aromatic amines is 1. The normalized spacial score (nSPS) is 12.3. The number of allylic oxidation sites excluding steroid dienone is 1. The number of carbonyl (C=O) groups is 1. The third kappa shape index (κ3) is 4.46. The molecule has 0 spiro atoms. The highest BCUT2D eigenvalue weighted by atomic mass is 19.1. The van der Waals surface area contributed by atoms with Crippen LogP contribution in [0.25, 0.3) is 28.1 Å². The van der Waals surface area contributed by atoms with Crippen molar-refractivity contribution in [3.63, 3.8) is 0 Å². The number of carboxylic acids is 1. The molecule has 0 atom stereocenters. The van der Waals surface area contributed by atoms with E-state index in [1.165, 1.54) is 6.07 Å². The van der Waals surface area contributed by atoms with Gasteiger partial charge >= 0.3 is 5.97 Å². The van der Waals surface area contributed by atoms with Crippen LogP contribution in [0.2, 0.25) is 0 Å². The van der Waals surface area contributed by atoms with Gasteiger partial charge in [-0.3, -0.25) is 5.10 Å². The number of carboxylic acid groups (broad SMARTS) is 1. The maximum atomic E-state index is 14.0. The number of fused-ring (bicyclic) bond motifs is 1. The van der Waals surface area contributed by atoms with Crippen LogP contribution in [-0.2, 0) is 4.79 Å². The average molecular weight is 412 g/mol. The lowest BCUT2D eigenvalue weighted by molar-refractivity contribution is -0.131. The van der Waals surface area contributed by atoms with Crippen molar-refractivity contribution in [3.05, 3.63) is 107 Å². The Labute approximate surface area is 179 Å². The van der Waals surface area contributed by atoms with Gasteiger partial charge in [0.1, 0.15) is 5.82 Å². The average Bonchev–Trinajstić information content (AvgIpc) is 3.24. The van der Waals surface area contributed by atoms with Crippen LogP contribution in [0, 0.1) is 5.82 Å². The summed E-state index contributed by atoms with van der Waals surface area (Å²) in [5.74, 6) is -1.26. The van der Waals surface area contributed by atoms with E-state index in [0.29, 0.717) is 6.42 Å². The number of aliphatic carboxylic acids is 1. The molecule has 0 unspecified atom stereocenters. The van der Waals surface area contributed by atoms with Crippen LogP contribution >= 0.6 is 0 Å². The van der Waals surface area contributed by atoms with Crippen molar-refractivity contribution in [3.8, 4) is 0 Å². The van der Waals surface area contributed by atoms with Crippen molar-refractivity contribution >= 4 is 34.1 Å². The molecule has 1 aromatic heterocycles. The number of benzene rings is 3. The number of halogens is 1. The van der Waals surface area contributed by atoms with Crippen LogP contribution in [0.15, 0.2) is 79.0 Å². The lowest BCUT2D eigenvalue weighted by Crippen LogP contribution is -1.96. The SMILES string of the molecule is CCC(=C(c1ccc(C=CC(=O)O)cc1)c1ccc2[nH]ncc2c1)c1cccc(F)c1. The number of nitrogens with one attached hydrogen (secondary N) is 1. The Kier molecular flexibility index (Phi) is 5.76. The summed E-state index contributed by atoms with van der Waals surface area (Å²) in [6.45, 7) is 2.06. The molecular weight excluding hydrogens is 391 g/mol. The van der Waals surface area contributed by atoms with Gasteiger partial charge in [0.2, 0.25) is 0 Å². The van der Waals surface area contributed by atoms with Gasteiger partial charge in [0.25, 0.3) is 0 Å². The summed E-state index contributed by atoms with van der Waals surface area (Å²) in [5, 5.41) is 16.9. The lowest BCUT2D eigenvalue weighted by Gasteiger charge is -2.17. The molecule has 0 aliphatic heterocycles. The van der Waals surface area contributed by atoms with Crippen molar-refractivity contribution in [2.75, 3.05) is 0 Å². The highest BCUT2D eigenvalue weighted by Crippen LogP contribution is 2.35. The molecule has 0 fully saturated rings. The van der Waals surface area contributed by atoms with E-state index in [-0.39, 0.29) is 5.82 Å². The second kappa shape index (κ2) is 8.79. The molecule has 4 nitrogen and oxygen atoms in total. The highest BCUT2D eigenvalue weighted by molar-refractivity contribution is 6.00. The van der Waals surface area contributed by atoms with Gasteiger partial charge in [-0.2, -0.15) is 5.10 Å². The Morgan fingerprint density at radius 1 is 1.03 bits per heavy atom. The first kappa shape index (κ1) is 20.3. The predicted molar refractivity (Wildman–Crippen MR) is 122 cm³/mol. The molecular formula is C26H21FN2O2. The monoisotopic (exact) mass is 412 g/mol. The van der Waals surface area contributed by atoms with E-state index in [1.807, 2.05) is 42.5 Å². The van der Waals surface area contributed by atoms with Gasteiger partial charge in [-0.25, -0.2) is 9.18 Å². The van der Waals surface area contributed by atoms with Crippen LogP contribution in [-0.4, -0.2) is 21.3 Å². The van der Waals surface area contributed by atoms with Gasteiger partial charge in [-0.05, 0) is 70.2 Å². The summed E-state index contributed by atoms with van der Waals surface area (Å²) in [6, 6.07) is 20.4. The zero-order valence-electron chi connectivity index (χ0n) is 17.0. The summed E-state index contributed by atoms with van der Waals surface area (Å²) in [5.41, 5.74) is 6.57. The number of hydrogen-bond acceptors (Lipinski definition) is 2. The van der Waals surface area contributed by atoms with Crippen molar-refractivity contribution < 1.29 is 14.3 Å². The van der Waals surface area contributed by atoms with Gasteiger partial charge < -0.3 is 5.11 Å². The summed E-state index contributed by atoms with van der Waals surface area (Å²) in [4.78, 5) is 10.8. The Morgan fingerprint density at radius 2 is 1.81 bits per heavy atom. The zero-order valence-corrected chi connectivity index (χ0v) is 17.0. The molecule has 0 aliphatic rings. The molecule has 0 amide bonds. The predicted octanol–water partition coefficient (Wildman–Crippen LogP) is 6.17. The summed E-state index contributed by atoms with van der Waals surface area (Å²) >= 11 is 0. The maximum absolute atomic E-state index is 14.0. The number of aromatic nitrogens is 2. The maximum Gasteiger partial charge on any atom is 0.328 e. The number of hydrogen-bond donors (Lipinski definition) is 2. The largest absolute Gasteiger partial charge is 0.478 e. The molecule has 5 heteroatoms. The Bertz CT molecular complexity index is 1300. The first-order valence-corrected chi connectivity index (χ1v) is 9.99. The molecule has 154 valence electrons. The lowest BCUT2D eigenvalue weighted by atomic mass is 9.87. The van der Waals surface area contributed by atoms with E-state index < -0.39 is 5.97 Å². The molecule has 0 saturated carbocycles. The standard InChI is InChI=1S/C26H21FN2O2/c1-2-23(19-4-3-5-22(27)15-19)26(20-11-12-24-21(14-20)16-28-29-24)18-9-6-17(7-10-18)8-13-25(30)31/h3-16H,2H2,1H3,(H,28,29)(H,30,31). The Morgan fingerprint density at radius 3 is 2.52 bits per heavy atom. The molecule has 4 aromatic rings. The van der Waals surface area contributed by atoms with Crippen molar-refractivity contribution in [1.29, 1.82) is 0 Å². The minimum atomic E-state index is -0.988. The number of H-pyrrole nitrogens is 1. The minimum Gasteiger partial charge on any atom is -0.478 e. The van der Waals surface area contributed by atoms with E-state index >= 15 is 0 Å². The van der Waals surface area contributed by atoms with Gasteiger partial charge in [0.05, 0.1) is 11.7 Å². The molecule has 0 bridgehead atoms. The third-order valence-electron chi connectivity index (χ3n) is 5.18. The van der Waals surface area contributed by atoms with Gasteiger partial charge in [0.15, 0.2) is 0 Å². The smallest absolute Gasteiger partial charge is 0.328 e. The quantitative estimate of drug-likeness (QED) is 0.294. The van der Waals surface area contributed by atoms with Crippen LogP contribution in [0.3, 0.4) is 0 Å². The first-order chi connectivity index (χ1) is 15.0. The van der Waals surface area contributed by atoms with Crippen molar-refractivity contribution in [2.24, 2.45) is 0 Å². The second-order valence-corrected chi connectivity index (χ2v) is 7.18. The van der Waals surface area contributed by atoms with E-state index in [0.717, 1.165) is 50.4 Å². The molecule has 4 rings (SSSR count). The molecule has 31 heavy (non-hydrogen) atoms. The highest BCUT2D eigenvalue weighted by Gasteiger charge is 2.14. The molecule has 0 saturated heterocycles. The number of rotatable bonds is 6. The second-order valence-electron chi connectivity index (χ2n) is 7.18. The summed E-state index contributed by atoms with van der Waals surface area (Å²) in [7, 11) is 0. The van der Waals surface area contributed by atoms with E-state index in [4.69, 9.17) is 5.11 Å². The van der Waals surface area contributed by atoms with Gasteiger partial charge in [0, 0.05) is 11.5 Å². The Hall–Kier alpha value is -3.99. The van der Waals surface area contributed by atoms with E-state index in [1.54, 1.807) is 24.4 Å². The molecule has 0 radical (unpaired) electrons. The van der Waals surface area contributed by atoms with Crippen LogP contribution < -0.4 is 0 Å². The molecule has 3 aromatic carbocycles. The summed E-state index contributed by atoms with van der Waals surface area (Å²) in [6.07, 6.45) is 5.16. The zero-order chi connectivity index (χ0) is 21.8. The van der Waals surface area contributed by atoms with Crippen molar-refractivity contribution in [2.45, 2.75) is 13.3 Å². The van der Waals surface area contributed by atoms with Gasteiger partial charge in [-0.1, -0.05) is 49.4 Å². The molecule has 2 N–H and O–H groups in total. The number of nitrogens with zero attached hydrogens (tertiary/aromatic N) is 1. The van der Waals surface area contributed by atoms with Crippen molar-refractivity contribution in [1.82, 2.24) is 10.2 Å². The minimum absolute atomic E-state index is 0.276. The molecule has 1 heterocycles. The first-order valence-electron chi connectivity index (χ1n) is 9.99. The topological polar surface area (TPSA) is 66.0 Å². The fourth-order valence-electron chi connectivity index (χ4n) is 3.74. The summed E-state index contributed by atoms with van der Waals surface area (Å²) < 4.78 is 14.0. The van der Waals surface area contributed by atoms with Crippen LogP contribution in [0.5, 0.6) is 0 Å². The van der Waals surface area contributed by atoms with Crippen LogP contribution in [0.4, 0.5) is 4.39 Å². The van der Waals surface area contributed by atoms with E-state index in [2.05, 4.69) is 23.2 Å². The van der Waals surface area contributed by atoms with Gasteiger partial charge in [-0.15, -0.1) is 0 Å². The molecule has 0 aliphatic carbocycles. The van der Waals surface area contributed by atoms with Crippen LogP contribution in [0.1, 0.15) is 35.6 Å². The fourth-order valence-corrected chi connectivity index (χ4v) is 3.74. The fraction of sp³-hybridized carbons (Fsp3) is 0.0769. The third-order valence-corrected chi connectivity index (χ3v) is 5.18. The Balaban J connectivity index is 1.91.